The third-order valence-corrected chi connectivity index (χ3v) is 5.45. The lowest BCUT2D eigenvalue weighted by Crippen LogP contribution is -2.46. The van der Waals surface area contributed by atoms with Gasteiger partial charge < -0.3 is 14.2 Å². The molecule has 0 radical (unpaired) electrons. The predicted octanol–water partition coefficient (Wildman–Crippen LogP) is 1.21. The molecule has 8 heteroatoms. The lowest BCUT2D eigenvalue weighted by Gasteiger charge is -2.39. The van der Waals surface area contributed by atoms with Crippen LogP contribution in [0, 0.1) is 0 Å². The van der Waals surface area contributed by atoms with Crippen LogP contribution >= 0.6 is 0 Å². The van der Waals surface area contributed by atoms with Gasteiger partial charge in [0, 0.05) is 57.2 Å². The monoisotopic (exact) mass is 370 g/mol. The van der Waals surface area contributed by atoms with E-state index in [0.29, 0.717) is 30.2 Å². The third-order valence-electron chi connectivity index (χ3n) is 5.45. The van der Waals surface area contributed by atoms with Crippen molar-refractivity contribution in [2.24, 2.45) is 7.05 Å². The van der Waals surface area contributed by atoms with E-state index in [4.69, 9.17) is 4.74 Å². The Kier molecular flexibility index (Phi) is 5.07. The summed E-state index contributed by atoms with van der Waals surface area (Å²) in [4.78, 5) is 29.9. The van der Waals surface area contributed by atoms with Crippen molar-refractivity contribution < 1.29 is 4.74 Å². The van der Waals surface area contributed by atoms with Crippen molar-refractivity contribution in [2.45, 2.75) is 44.3 Å². The van der Waals surface area contributed by atoms with E-state index >= 15 is 0 Å². The number of piperidine rings is 1. The molecule has 1 saturated heterocycles. The van der Waals surface area contributed by atoms with Crippen LogP contribution in [0.15, 0.2) is 29.6 Å². The second-order valence-electron chi connectivity index (χ2n) is 7.35. The molecule has 0 spiro atoms. The van der Waals surface area contributed by atoms with Gasteiger partial charge in [0.05, 0.1) is 7.11 Å². The maximum atomic E-state index is 12.2. The van der Waals surface area contributed by atoms with Crippen LogP contribution in [0.1, 0.15) is 31.4 Å². The highest BCUT2D eigenvalue weighted by atomic mass is 16.5. The Bertz CT molecular complexity index is 842. The molecule has 0 amide bonds. The molecule has 2 aromatic rings. The Hall–Kier alpha value is -2.48. The average molecular weight is 370 g/mol. The van der Waals surface area contributed by atoms with Gasteiger partial charge in [-0.2, -0.15) is 0 Å². The van der Waals surface area contributed by atoms with Gasteiger partial charge in [-0.1, -0.05) is 0 Å². The minimum atomic E-state index is -0.00712. The van der Waals surface area contributed by atoms with Crippen molar-refractivity contribution in [3.05, 3.63) is 40.8 Å². The molecule has 1 aliphatic heterocycles. The Labute approximate surface area is 158 Å². The molecular weight excluding hydrogens is 344 g/mol. The van der Waals surface area contributed by atoms with E-state index in [0.717, 1.165) is 31.7 Å². The lowest BCUT2D eigenvalue weighted by atomic mass is 10.0. The molecule has 0 unspecified atom stereocenters. The molecule has 1 aliphatic carbocycles. The molecule has 2 fully saturated rings. The Morgan fingerprint density at radius 3 is 2.59 bits per heavy atom. The van der Waals surface area contributed by atoms with Crippen LogP contribution in [0.4, 0.5) is 5.82 Å². The maximum Gasteiger partial charge on any atom is 0.273 e. The lowest BCUT2D eigenvalue weighted by molar-refractivity contribution is 0.197. The number of methoxy groups -OCH3 is 1. The molecule has 1 saturated carbocycles. The topological polar surface area (TPSA) is 76.4 Å². The quantitative estimate of drug-likeness (QED) is 0.756. The molecule has 4 rings (SSSR count). The van der Waals surface area contributed by atoms with Crippen LogP contribution < -0.4 is 15.2 Å². The van der Waals surface area contributed by atoms with Crippen molar-refractivity contribution in [2.75, 3.05) is 25.1 Å². The van der Waals surface area contributed by atoms with Crippen molar-refractivity contribution in [3.63, 3.8) is 0 Å². The second kappa shape index (κ2) is 7.64. The van der Waals surface area contributed by atoms with Gasteiger partial charge in [-0.3, -0.25) is 14.7 Å². The Balaban J connectivity index is 1.42. The molecular formula is C19H26N6O2. The molecule has 27 heavy (non-hydrogen) atoms. The van der Waals surface area contributed by atoms with Crippen molar-refractivity contribution >= 4 is 5.82 Å². The summed E-state index contributed by atoms with van der Waals surface area (Å²) in [7, 11) is 3.40. The highest BCUT2D eigenvalue weighted by Gasteiger charge is 2.36. The van der Waals surface area contributed by atoms with Gasteiger partial charge in [0.25, 0.3) is 5.56 Å². The van der Waals surface area contributed by atoms with Gasteiger partial charge in [-0.25, -0.2) is 9.97 Å². The SMILES string of the molecule is COc1cc(N(C2CC2)C2CCN(Cc3nccn(C)c3=O)CC2)ncn1. The summed E-state index contributed by atoms with van der Waals surface area (Å²) in [6.07, 6.45) is 9.51. The molecule has 8 nitrogen and oxygen atoms in total. The zero-order valence-electron chi connectivity index (χ0n) is 15.9. The minimum Gasteiger partial charge on any atom is -0.481 e. The zero-order chi connectivity index (χ0) is 18.8. The first kappa shape index (κ1) is 17.9. The number of aryl methyl sites for hydroxylation is 1. The Morgan fingerprint density at radius 1 is 1.15 bits per heavy atom. The summed E-state index contributed by atoms with van der Waals surface area (Å²) in [5, 5.41) is 0. The summed E-state index contributed by atoms with van der Waals surface area (Å²) < 4.78 is 6.86. The van der Waals surface area contributed by atoms with Crippen LogP contribution in [0.3, 0.4) is 0 Å². The summed E-state index contributed by atoms with van der Waals surface area (Å²) in [5.74, 6) is 1.57. The third kappa shape index (κ3) is 3.95. The molecule has 144 valence electrons. The number of nitrogens with zero attached hydrogens (tertiary/aromatic N) is 6. The predicted molar refractivity (Wildman–Crippen MR) is 102 cm³/mol. The smallest absolute Gasteiger partial charge is 0.273 e. The van der Waals surface area contributed by atoms with Crippen LogP contribution in [0.2, 0.25) is 0 Å². The number of aromatic nitrogens is 4. The van der Waals surface area contributed by atoms with E-state index in [-0.39, 0.29) is 5.56 Å². The molecule has 0 aromatic carbocycles. The molecule has 0 atom stereocenters. The fraction of sp³-hybridized carbons (Fsp3) is 0.579. The number of hydrogen-bond acceptors (Lipinski definition) is 7. The van der Waals surface area contributed by atoms with Gasteiger partial charge in [0.2, 0.25) is 5.88 Å². The highest BCUT2D eigenvalue weighted by molar-refractivity contribution is 5.45. The van der Waals surface area contributed by atoms with Crippen molar-refractivity contribution in [3.8, 4) is 5.88 Å². The van der Waals surface area contributed by atoms with E-state index in [1.807, 2.05) is 6.07 Å². The van der Waals surface area contributed by atoms with E-state index in [1.54, 1.807) is 37.4 Å². The number of ether oxygens (including phenoxy) is 1. The molecule has 2 aromatic heterocycles. The number of likely N-dealkylation sites (tertiary alicyclic amines) is 1. The zero-order valence-corrected chi connectivity index (χ0v) is 15.9. The molecule has 0 N–H and O–H groups in total. The van der Waals surface area contributed by atoms with Gasteiger partial charge in [0.1, 0.15) is 17.8 Å². The maximum absolute atomic E-state index is 12.2. The fourth-order valence-corrected chi connectivity index (χ4v) is 3.83. The van der Waals surface area contributed by atoms with E-state index < -0.39 is 0 Å². The fourth-order valence-electron chi connectivity index (χ4n) is 3.83. The molecule has 3 heterocycles. The summed E-state index contributed by atoms with van der Waals surface area (Å²) in [6, 6.07) is 2.96. The molecule has 0 bridgehead atoms. The largest absolute Gasteiger partial charge is 0.481 e. The van der Waals surface area contributed by atoms with Gasteiger partial charge in [0.15, 0.2) is 0 Å². The average Bonchev–Trinajstić information content (AvgIpc) is 3.52. The van der Waals surface area contributed by atoms with Crippen LogP contribution in [-0.2, 0) is 13.6 Å². The van der Waals surface area contributed by atoms with Gasteiger partial charge in [-0.05, 0) is 25.7 Å². The summed E-state index contributed by atoms with van der Waals surface area (Å²) in [6.45, 7) is 2.52. The van der Waals surface area contributed by atoms with E-state index in [1.165, 1.54) is 12.8 Å². The number of anilines is 1. The van der Waals surface area contributed by atoms with Crippen molar-refractivity contribution in [1.29, 1.82) is 0 Å². The van der Waals surface area contributed by atoms with Crippen LogP contribution in [0.5, 0.6) is 5.88 Å². The summed E-state index contributed by atoms with van der Waals surface area (Å²) >= 11 is 0. The number of hydrogen-bond donors (Lipinski definition) is 0. The van der Waals surface area contributed by atoms with Crippen molar-refractivity contribution in [1.82, 2.24) is 24.4 Å². The minimum absolute atomic E-state index is 0.00712. The Morgan fingerprint density at radius 2 is 1.89 bits per heavy atom. The van der Waals surface area contributed by atoms with Gasteiger partial charge >= 0.3 is 0 Å². The van der Waals surface area contributed by atoms with Gasteiger partial charge in [-0.15, -0.1) is 0 Å². The van der Waals surface area contributed by atoms with Crippen LogP contribution in [0.25, 0.3) is 0 Å². The highest BCUT2D eigenvalue weighted by Crippen LogP contribution is 2.36. The summed E-state index contributed by atoms with van der Waals surface area (Å²) in [5.41, 5.74) is 0.616. The van der Waals surface area contributed by atoms with Crippen LogP contribution in [-0.4, -0.2) is 56.7 Å². The normalized spacial score (nSPS) is 18.4. The van der Waals surface area contributed by atoms with E-state index in [2.05, 4.69) is 24.8 Å². The first-order chi connectivity index (χ1) is 13.2. The standard InChI is InChI=1S/C19H26N6O2/c1-23-10-7-20-16(19(23)26)12-24-8-5-15(6-9-24)25(14-3-4-14)17-11-18(27-2)22-13-21-17/h7,10-11,13-15H,3-6,8-9,12H2,1-2H3. The van der Waals surface area contributed by atoms with E-state index in [9.17, 15) is 4.79 Å². The molecule has 2 aliphatic rings. The first-order valence-corrected chi connectivity index (χ1v) is 9.53. The number of rotatable bonds is 6. The second-order valence-corrected chi connectivity index (χ2v) is 7.35. The first-order valence-electron chi connectivity index (χ1n) is 9.53.